The third-order valence-corrected chi connectivity index (χ3v) is 6.57. The van der Waals surface area contributed by atoms with Crippen molar-refractivity contribution in [1.82, 2.24) is 9.47 Å². The van der Waals surface area contributed by atoms with E-state index in [0.29, 0.717) is 35.3 Å². The van der Waals surface area contributed by atoms with Crippen LogP contribution in [0.5, 0.6) is 5.75 Å². The van der Waals surface area contributed by atoms with Crippen LogP contribution in [0.25, 0.3) is 5.57 Å². The Labute approximate surface area is 203 Å². The van der Waals surface area contributed by atoms with Gasteiger partial charge in [-0.05, 0) is 42.8 Å². The number of halogens is 2. The number of phenols is 1. The molecule has 4 rings (SSSR count). The van der Waals surface area contributed by atoms with Crippen LogP contribution >= 0.6 is 11.6 Å². The van der Waals surface area contributed by atoms with E-state index in [2.05, 4.69) is 16.5 Å². The van der Waals surface area contributed by atoms with Crippen molar-refractivity contribution in [3.8, 4) is 5.75 Å². The van der Waals surface area contributed by atoms with E-state index in [0.717, 1.165) is 30.4 Å². The molecular formula is C26H27ClFN3O3. The molecule has 178 valence electrons. The van der Waals surface area contributed by atoms with Crippen molar-refractivity contribution in [3.63, 3.8) is 0 Å². The number of benzene rings is 1. The summed E-state index contributed by atoms with van der Waals surface area (Å²) in [6.07, 6.45) is 6.10. The summed E-state index contributed by atoms with van der Waals surface area (Å²) in [6.45, 7) is 8.40. The number of aromatic hydroxyl groups is 1. The number of nitrogens with zero attached hydrogens (tertiary/aromatic N) is 3. The highest BCUT2D eigenvalue weighted by molar-refractivity contribution is 6.29. The highest BCUT2D eigenvalue weighted by Gasteiger charge is 2.23. The van der Waals surface area contributed by atoms with Crippen LogP contribution in [0.2, 0.25) is 5.15 Å². The molecule has 1 aliphatic heterocycles. The zero-order valence-corrected chi connectivity index (χ0v) is 19.9. The maximum atomic E-state index is 15.0. The lowest BCUT2D eigenvalue weighted by molar-refractivity contribution is 0.0554. The zero-order valence-electron chi connectivity index (χ0n) is 19.1. The predicted molar refractivity (Wildman–Crippen MR) is 132 cm³/mol. The van der Waals surface area contributed by atoms with E-state index >= 15 is 4.39 Å². The van der Waals surface area contributed by atoms with Crippen molar-refractivity contribution in [2.24, 2.45) is 12.0 Å². The standard InChI is InChI=1S/C26H27ClFN3O3/c1-4-29-22-13-17(31-9-11-34-12-10-31)5-6-18(22)16(2)19-14-20(24(32)15-21(19)28)26(33)23-7-8-25(27)30(23)3/h4-8,13-15,26,32-33H,1,9-12H2,2-3H3/b18-16+,29-22-. The largest absolute Gasteiger partial charge is 0.507 e. The van der Waals surface area contributed by atoms with Crippen molar-refractivity contribution < 1.29 is 19.3 Å². The number of aliphatic imine (C=N–C) groups is 1. The second-order valence-corrected chi connectivity index (χ2v) is 8.56. The van der Waals surface area contributed by atoms with Crippen LogP contribution in [0.1, 0.15) is 29.8 Å². The number of aliphatic hydroxyl groups is 1. The molecule has 0 bridgehead atoms. The van der Waals surface area contributed by atoms with Crippen molar-refractivity contribution in [2.75, 3.05) is 26.3 Å². The Hall–Kier alpha value is -3.13. The number of aromatic nitrogens is 1. The Morgan fingerprint density at radius 1 is 1.26 bits per heavy atom. The van der Waals surface area contributed by atoms with Gasteiger partial charge in [0.15, 0.2) is 0 Å². The highest BCUT2D eigenvalue weighted by atomic mass is 35.5. The molecule has 2 N–H and O–H groups in total. The maximum Gasteiger partial charge on any atom is 0.134 e. The lowest BCUT2D eigenvalue weighted by Crippen LogP contribution is -2.35. The summed E-state index contributed by atoms with van der Waals surface area (Å²) in [5.41, 5.74) is 3.91. The number of hydrogen-bond donors (Lipinski definition) is 2. The first-order valence-electron chi connectivity index (χ1n) is 11.0. The first-order chi connectivity index (χ1) is 16.3. The molecule has 1 fully saturated rings. The minimum atomic E-state index is -1.19. The summed E-state index contributed by atoms with van der Waals surface area (Å²) >= 11 is 6.10. The Morgan fingerprint density at radius 3 is 2.65 bits per heavy atom. The summed E-state index contributed by atoms with van der Waals surface area (Å²) in [5.74, 6) is -0.935. The molecule has 2 heterocycles. The molecule has 1 unspecified atom stereocenters. The Kier molecular flexibility index (Phi) is 7.07. The number of phenolic OH excluding ortho intramolecular Hbond substituents is 1. The van der Waals surface area contributed by atoms with Gasteiger partial charge in [-0.3, -0.25) is 4.99 Å². The number of allylic oxidation sites excluding steroid dienone is 5. The normalized spacial score (nSPS) is 19.9. The van der Waals surface area contributed by atoms with Gasteiger partial charge in [-0.2, -0.15) is 0 Å². The minimum absolute atomic E-state index is 0.181. The Bertz CT molecular complexity index is 1240. The lowest BCUT2D eigenvalue weighted by atomic mass is 9.91. The van der Waals surface area contributed by atoms with Gasteiger partial charge in [0.25, 0.3) is 0 Å². The van der Waals surface area contributed by atoms with Gasteiger partial charge in [-0.25, -0.2) is 4.39 Å². The van der Waals surface area contributed by atoms with E-state index in [1.807, 2.05) is 18.2 Å². The van der Waals surface area contributed by atoms with Crippen LogP contribution in [0.15, 0.2) is 71.5 Å². The second-order valence-electron chi connectivity index (χ2n) is 8.17. The van der Waals surface area contributed by atoms with Crippen LogP contribution < -0.4 is 0 Å². The molecular weight excluding hydrogens is 457 g/mol. The van der Waals surface area contributed by atoms with Crippen LogP contribution in [-0.4, -0.2) is 51.7 Å². The van der Waals surface area contributed by atoms with Gasteiger partial charge in [0.1, 0.15) is 22.8 Å². The van der Waals surface area contributed by atoms with Crippen LogP contribution in [0, 0.1) is 5.82 Å². The monoisotopic (exact) mass is 483 g/mol. The molecule has 0 spiro atoms. The fourth-order valence-corrected chi connectivity index (χ4v) is 4.39. The smallest absolute Gasteiger partial charge is 0.134 e. The predicted octanol–water partition coefficient (Wildman–Crippen LogP) is 4.75. The van der Waals surface area contributed by atoms with Crippen LogP contribution in [-0.2, 0) is 11.8 Å². The van der Waals surface area contributed by atoms with Crippen LogP contribution in [0.3, 0.4) is 0 Å². The van der Waals surface area contributed by atoms with E-state index < -0.39 is 11.9 Å². The van der Waals surface area contributed by atoms with Crippen LogP contribution in [0.4, 0.5) is 4.39 Å². The molecule has 1 atom stereocenters. The van der Waals surface area contributed by atoms with Gasteiger partial charge in [0, 0.05) is 54.8 Å². The number of hydrogen-bond acceptors (Lipinski definition) is 5. The molecule has 2 aromatic rings. The molecule has 0 amide bonds. The average Bonchev–Trinajstić information content (AvgIpc) is 3.17. The van der Waals surface area contributed by atoms with Gasteiger partial charge >= 0.3 is 0 Å². The third-order valence-electron chi connectivity index (χ3n) is 6.19. The van der Waals surface area contributed by atoms with Gasteiger partial charge < -0.3 is 24.4 Å². The molecule has 1 aliphatic carbocycles. The van der Waals surface area contributed by atoms with Gasteiger partial charge in [0.05, 0.1) is 24.6 Å². The summed E-state index contributed by atoms with van der Waals surface area (Å²) < 4.78 is 22.1. The van der Waals surface area contributed by atoms with Crippen molar-refractivity contribution >= 4 is 22.9 Å². The SMILES string of the molecule is C=C/N=C1/C=C(N2CCOCC2)C=C/C1=C(/C)c1cc(C(O)c2ccc(Cl)n2C)c(O)cc1F. The van der Waals surface area contributed by atoms with E-state index in [4.69, 9.17) is 16.3 Å². The molecule has 1 aromatic heterocycles. The van der Waals surface area contributed by atoms with Crippen molar-refractivity contribution in [3.05, 3.63) is 94.3 Å². The Morgan fingerprint density at radius 2 is 2.00 bits per heavy atom. The molecule has 8 heteroatoms. The molecule has 2 aliphatic rings. The number of ether oxygens (including phenoxy) is 1. The van der Waals surface area contributed by atoms with Gasteiger partial charge in [0.2, 0.25) is 0 Å². The lowest BCUT2D eigenvalue weighted by Gasteiger charge is -2.31. The summed E-state index contributed by atoms with van der Waals surface area (Å²) in [5, 5.41) is 21.8. The van der Waals surface area contributed by atoms with E-state index in [9.17, 15) is 10.2 Å². The number of aliphatic hydroxyl groups excluding tert-OH is 1. The summed E-state index contributed by atoms with van der Waals surface area (Å²) in [7, 11) is 1.71. The summed E-state index contributed by atoms with van der Waals surface area (Å²) in [4.78, 5) is 6.63. The van der Waals surface area contributed by atoms with E-state index in [1.54, 1.807) is 30.7 Å². The minimum Gasteiger partial charge on any atom is -0.507 e. The first-order valence-corrected chi connectivity index (χ1v) is 11.3. The zero-order chi connectivity index (χ0) is 24.4. The average molecular weight is 484 g/mol. The fourth-order valence-electron chi connectivity index (χ4n) is 4.23. The topological polar surface area (TPSA) is 70.2 Å². The quantitative estimate of drug-likeness (QED) is 0.644. The number of rotatable bonds is 5. The van der Waals surface area contributed by atoms with E-state index in [-0.39, 0.29) is 16.9 Å². The molecule has 6 nitrogen and oxygen atoms in total. The fraction of sp³-hybridized carbons (Fsp3) is 0.269. The second kappa shape index (κ2) is 10.0. The highest BCUT2D eigenvalue weighted by Crippen LogP contribution is 2.36. The molecule has 1 saturated heterocycles. The first kappa shape index (κ1) is 24.0. The van der Waals surface area contributed by atoms with Gasteiger partial charge in [-0.15, -0.1) is 0 Å². The molecule has 0 radical (unpaired) electrons. The van der Waals surface area contributed by atoms with Crippen molar-refractivity contribution in [1.29, 1.82) is 0 Å². The van der Waals surface area contributed by atoms with Crippen molar-refractivity contribution in [2.45, 2.75) is 13.0 Å². The third kappa shape index (κ3) is 4.59. The number of morpholine rings is 1. The maximum absolute atomic E-state index is 15.0. The molecule has 0 saturated carbocycles. The molecule has 34 heavy (non-hydrogen) atoms. The Balaban J connectivity index is 1.75. The summed E-state index contributed by atoms with van der Waals surface area (Å²) in [6, 6.07) is 5.81. The van der Waals surface area contributed by atoms with E-state index in [1.165, 1.54) is 12.3 Å². The van der Waals surface area contributed by atoms with Gasteiger partial charge in [-0.1, -0.05) is 24.3 Å². The molecule has 1 aromatic carbocycles.